The van der Waals surface area contributed by atoms with Crippen LogP contribution in [-0.4, -0.2) is 56.1 Å². The number of hydrogen-bond donors (Lipinski definition) is 2. The van der Waals surface area contributed by atoms with Gasteiger partial charge in [-0.05, 0) is 37.8 Å². The van der Waals surface area contributed by atoms with Crippen LogP contribution in [0.1, 0.15) is 35.7 Å². The summed E-state index contributed by atoms with van der Waals surface area (Å²) in [6.07, 6.45) is 3.93. The number of likely N-dealkylation sites (tertiary alicyclic amines) is 1. The molecule has 1 aliphatic rings. The number of benzene rings is 1. The molecule has 0 bridgehead atoms. The molecule has 2 N–H and O–H groups in total. The number of nitrogens with zero attached hydrogens (tertiary/aromatic N) is 4. The average Bonchev–Trinajstić information content (AvgIpc) is 3.14. The van der Waals surface area contributed by atoms with Gasteiger partial charge >= 0.3 is 6.09 Å². The summed E-state index contributed by atoms with van der Waals surface area (Å²) in [5, 5.41) is 19.7. The number of carbonyl (C=O) groups is 2. The molecule has 0 unspecified atom stereocenters. The zero-order chi connectivity index (χ0) is 18.7. The van der Waals surface area contributed by atoms with Crippen LogP contribution in [0.15, 0.2) is 30.6 Å². The second-order valence-electron chi connectivity index (χ2n) is 6.71. The number of carboxylic acid groups (broad SMARTS) is 1. The molecule has 8 nitrogen and oxygen atoms in total. The maximum atomic E-state index is 13.4. The van der Waals surface area contributed by atoms with E-state index in [4.69, 9.17) is 5.11 Å². The Morgan fingerprint density at radius 2 is 2.04 bits per heavy atom. The van der Waals surface area contributed by atoms with Gasteiger partial charge in [0.25, 0.3) is 5.91 Å². The largest absolute Gasteiger partial charge is 0.465 e. The molecule has 2 amide bonds. The molecule has 1 aliphatic heterocycles. The second-order valence-corrected chi connectivity index (χ2v) is 6.71. The van der Waals surface area contributed by atoms with Gasteiger partial charge in [0.1, 0.15) is 0 Å². The van der Waals surface area contributed by atoms with Gasteiger partial charge < -0.3 is 15.3 Å². The standard InChI is InChI=1S/C18H23N5O3/c1-12-5-6-15(23-20-7-8-21-23)14(10-12)17(24)22-9-3-4-13(2)16(22)11-19-18(25)26/h5-8,10,13,16,19H,3-4,9,11H2,1-2H3,(H,25,26)/t13-,16-/m1/s1. The smallest absolute Gasteiger partial charge is 0.404 e. The highest BCUT2D eigenvalue weighted by Gasteiger charge is 2.33. The lowest BCUT2D eigenvalue weighted by molar-refractivity contribution is 0.0514. The topological polar surface area (TPSA) is 100 Å². The molecular weight excluding hydrogens is 334 g/mol. The Kier molecular flexibility index (Phi) is 5.20. The zero-order valence-corrected chi connectivity index (χ0v) is 14.9. The highest BCUT2D eigenvalue weighted by molar-refractivity contribution is 5.98. The predicted octanol–water partition coefficient (Wildman–Crippen LogP) is 2.08. The van der Waals surface area contributed by atoms with E-state index in [0.29, 0.717) is 17.8 Å². The van der Waals surface area contributed by atoms with Gasteiger partial charge in [-0.2, -0.15) is 15.0 Å². The van der Waals surface area contributed by atoms with E-state index in [1.165, 1.54) is 4.80 Å². The fourth-order valence-electron chi connectivity index (χ4n) is 3.49. The Labute approximate surface area is 151 Å². The highest BCUT2D eigenvalue weighted by atomic mass is 16.4. The van der Waals surface area contributed by atoms with Crippen LogP contribution >= 0.6 is 0 Å². The molecule has 1 fully saturated rings. The molecule has 1 saturated heterocycles. The van der Waals surface area contributed by atoms with Gasteiger partial charge in [0.15, 0.2) is 0 Å². The number of aryl methyl sites for hydroxylation is 1. The van der Waals surface area contributed by atoms with Crippen molar-refractivity contribution in [1.82, 2.24) is 25.2 Å². The number of piperidine rings is 1. The van der Waals surface area contributed by atoms with Gasteiger partial charge in [-0.3, -0.25) is 4.79 Å². The van der Waals surface area contributed by atoms with Crippen LogP contribution in [-0.2, 0) is 0 Å². The predicted molar refractivity (Wildman–Crippen MR) is 95.3 cm³/mol. The molecule has 138 valence electrons. The van der Waals surface area contributed by atoms with Crippen molar-refractivity contribution in [2.75, 3.05) is 13.1 Å². The first kappa shape index (κ1) is 17.9. The van der Waals surface area contributed by atoms with E-state index >= 15 is 0 Å². The van der Waals surface area contributed by atoms with Gasteiger partial charge in [0.2, 0.25) is 0 Å². The molecule has 2 heterocycles. The molecule has 0 spiro atoms. The van der Waals surface area contributed by atoms with E-state index in [0.717, 1.165) is 18.4 Å². The third-order valence-corrected chi connectivity index (χ3v) is 4.86. The van der Waals surface area contributed by atoms with Crippen molar-refractivity contribution in [2.45, 2.75) is 32.7 Å². The zero-order valence-electron chi connectivity index (χ0n) is 14.9. The monoisotopic (exact) mass is 357 g/mol. The van der Waals surface area contributed by atoms with Crippen LogP contribution in [0.3, 0.4) is 0 Å². The summed E-state index contributed by atoms with van der Waals surface area (Å²) in [7, 11) is 0. The molecule has 0 radical (unpaired) electrons. The van der Waals surface area contributed by atoms with Crippen molar-refractivity contribution in [3.05, 3.63) is 41.7 Å². The molecule has 1 aromatic heterocycles. The number of amides is 2. The summed E-state index contributed by atoms with van der Waals surface area (Å²) in [5.41, 5.74) is 2.11. The first-order valence-electron chi connectivity index (χ1n) is 8.72. The Balaban J connectivity index is 1.94. The Morgan fingerprint density at radius 3 is 2.73 bits per heavy atom. The van der Waals surface area contributed by atoms with Crippen molar-refractivity contribution < 1.29 is 14.7 Å². The number of aromatic nitrogens is 3. The lowest BCUT2D eigenvalue weighted by Crippen LogP contribution is -2.53. The van der Waals surface area contributed by atoms with E-state index in [1.54, 1.807) is 17.3 Å². The minimum Gasteiger partial charge on any atom is -0.465 e. The lowest BCUT2D eigenvalue weighted by Gasteiger charge is -2.40. The Bertz CT molecular complexity index is 790. The van der Waals surface area contributed by atoms with Gasteiger partial charge in [-0.25, -0.2) is 4.79 Å². The minimum absolute atomic E-state index is 0.121. The highest BCUT2D eigenvalue weighted by Crippen LogP contribution is 2.26. The summed E-state index contributed by atoms with van der Waals surface area (Å²) in [6.45, 7) is 4.82. The summed E-state index contributed by atoms with van der Waals surface area (Å²) < 4.78 is 0. The van der Waals surface area contributed by atoms with Crippen LogP contribution in [0, 0.1) is 12.8 Å². The quantitative estimate of drug-likeness (QED) is 0.873. The Hall–Kier alpha value is -2.90. The fourth-order valence-corrected chi connectivity index (χ4v) is 3.49. The molecule has 3 rings (SSSR count). The van der Waals surface area contributed by atoms with Crippen molar-refractivity contribution >= 4 is 12.0 Å². The summed E-state index contributed by atoms with van der Waals surface area (Å²) in [4.78, 5) is 27.5. The van der Waals surface area contributed by atoms with Crippen molar-refractivity contribution in [3.63, 3.8) is 0 Å². The van der Waals surface area contributed by atoms with Crippen LogP contribution < -0.4 is 5.32 Å². The third kappa shape index (κ3) is 3.68. The summed E-state index contributed by atoms with van der Waals surface area (Å²) >= 11 is 0. The van der Waals surface area contributed by atoms with Crippen molar-refractivity contribution in [2.24, 2.45) is 5.92 Å². The minimum atomic E-state index is -1.08. The normalized spacial score (nSPS) is 20.0. The van der Waals surface area contributed by atoms with E-state index in [9.17, 15) is 9.59 Å². The van der Waals surface area contributed by atoms with Gasteiger partial charge in [0.05, 0.1) is 29.7 Å². The van der Waals surface area contributed by atoms with Crippen LogP contribution in [0.4, 0.5) is 4.79 Å². The van der Waals surface area contributed by atoms with Gasteiger partial charge in [0, 0.05) is 13.1 Å². The molecule has 2 aromatic rings. The van der Waals surface area contributed by atoms with E-state index in [2.05, 4.69) is 22.4 Å². The summed E-state index contributed by atoms with van der Waals surface area (Å²) in [5.74, 6) is 0.0976. The molecule has 2 atom stereocenters. The van der Waals surface area contributed by atoms with Gasteiger partial charge in [-0.1, -0.05) is 18.6 Å². The molecular formula is C18H23N5O3. The average molecular weight is 357 g/mol. The molecule has 1 aromatic carbocycles. The first-order chi connectivity index (χ1) is 12.5. The van der Waals surface area contributed by atoms with E-state index in [-0.39, 0.29) is 24.4 Å². The number of hydrogen-bond acceptors (Lipinski definition) is 4. The first-order valence-corrected chi connectivity index (χ1v) is 8.72. The lowest BCUT2D eigenvalue weighted by atomic mass is 9.90. The SMILES string of the molecule is Cc1ccc(-n2nccn2)c(C(=O)N2CCC[C@@H](C)[C@H]2CNC(=O)O)c1. The summed E-state index contributed by atoms with van der Waals surface area (Å²) in [6, 6.07) is 5.41. The molecule has 26 heavy (non-hydrogen) atoms. The molecule has 8 heteroatoms. The van der Waals surface area contributed by atoms with E-state index < -0.39 is 6.09 Å². The van der Waals surface area contributed by atoms with Gasteiger partial charge in [-0.15, -0.1) is 0 Å². The number of nitrogens with one attached hydrogen (secondary N) is 1. The van der Waals surface area contributed by atoms with Crippen molar-refractivity contribution in [1.29, 1.82) is 0 Å². The third-order valence-electron chi connectivity index (χ3n) is 4.86. The fraction of sp³-hybridized carbons (Fsp3) is 0.444. The van der Waals surface area contributed by atoms with Crippen LogP contribution in [0.2, 0.25) is 0 Å². The van der Waals surface area contributed by atoms with Crippen LogP contribution in [0.25, 0.3) is 5.69 Å². The maximum absolute atomic E-state index is 13.4. The second kappa shape index (κ2) is 7.55. The van der Waals surface area contributed by atoms with Crippen LogP contribution in [0.5, 0.6) is 0 Å². The van der Waals surface area contributed by atoms with Crippen molar-refractivity contribution in [3.8, 4) is 5.69 Å². The number of carbonyl (C=O) groups excluding carboxylic acids is 1. The molecule has 0 saturated carbocycles. The van der Waals surface area contributed by atoms with E-state index in [1.807, 2.05) is 25.1 Å². The number of rotatable bonds is 4. The Morgan fingerprint density at radius 1 is 1.31 bits per heavy atom. The maximum Gasteiger partial charge on any atom is 0.404 e. The molecule has 0 aliphatic carbocycles.